The Hall–Kier alpha value is -5.34. The van der Waals surface area contributed by atoms with Crippen LogP contribution in [0.1, 0.15) is 11.1 Å². The van der Waals surface area contributed by atoms with Crippen LogP contribution < -0.4 is 31.8 Å². The fourth-order valence-corrected chi connectivity index (χ4v) is 10.6. The van der Waals surface area contributed by atoms with Gasteiger partial charge in [-0.15, -0.1) is 46.0 Å². The average molecular weight is 993 g/mol. The number of carbonyl (C=O) groups excluding carboxylic acids is 2. The van der Waals surface area contributed by atoms with E-state index in [1.807, 2.05) is 182 Å². The van der Waals surface area contributed by atoms with Crippen molar-refractivity contribution in [2.24, 2.45) is 0 Å². The Morgan fingerprint density at radius 1 is 0.312 bits per heavy atom. The van der Waals surface area contributed by atoms with Crippen molar-refractivity contribution in [2.45, 2.75) is 9.79 Å². The summed E-state index contributed by atoms with van der Waals surface area (Å²) in [5.41, 5.74) is 1.30. The van der Waals surface area contributed by atoms with Crippen LogP contribution in [0.3, 0.4) is 0 Å². The summed E-state index contributed by atoms with van der Waals surface area (Å²) >= 11 is 9.62. The molecular weight excluding hydrogens is 954 g/mol. The molecule has 0 atom stereocenters. The van der Waals surface area contributed by atoms with Gasteiger partial charge in [-0.25, -0.2) is 0 Å². The van der Waals surface area contributed by atoms with E-state index in [0.717, 1.165) is 20.4 Å². The van der Waals surface area contributed by atoms with Crippen LogP contribution in [-0.2, 0) is 82.9 Å². The first-order chi connectivity index (χ1) is 30.6. The molecule has 0 aliphatic heterocycles. The minimum Gasteiger partial charge on any atom is -0.780 e. The van der Waals surface area contributed by atoms with Crippen LogP contribution >= 0.6 is 15.8 Å². The summed E-state index contributed by atoms with van der Waals surface area (Å²) in [6.45, 7) is 13.5. The van der Waals surface area contributed by atoms with Crippen molar-refractivity contribution < 1.29 is 57.7 Å². The molecule has 11 heteroatoms. The van der Waals surface area contributed by atoms with Crippen LogP contribution in [0.25, 0.3) is 0 Å². The van der Waals surface area contributed by atoms with Gasteiger partial charge in [-0.1, -0.05) is 210 Å². The summed E-state index contributed by atoms with van der Waals surface area (Å²) in [6.07, 6.45) is 4.16. The van der Waals surface area contributed by atoms with E-state index in [2.05, 4.69) is 81.1 Å². The van der Waals surface area contributed by atoms with Gasteiger partial charge in [0.2, 0.25) is 0 Å². The van der Waals surface area contributed by atoms with Crippen molar-refractivity contribution in [1.29, 1.82) is 0 Å². The van der Waals surface area contributed by atoms with E-state index in [9.17, 15) is 9.59 Å². The van der Waals surface area contributed by atoms with Gasteiger partial charge in [-0.3, -0.25) is 0 Å². The van der Waals surface area contributed by atoms with E-state index >= 15 is 0 Å². The zero-order valence-electron chi connectivity index (χ0n) is 33.9. The van der Waals surface area contributed by atoms with Crippen LogP contribution in [0.2, 0.25) is 0 Å². The van der Waals surface area contributed by atoms with Crippen molar-refractivity contribution in [2.75, 3.05) is 0 Å². The maximum absolute atomic E-state index is 11.3. The zero-order valence-corrected chi connectivity index (χ0v) is 39.5. The van der Waals surface area contributed by atoms with E-state index < -0.39 is 15.8 Å². The van der Waals surface area contributed by atoms with Crippen LogP contribution in [0.15, 0.2) is 240 Å². The smallest absolute Gasteiger partial charge is 0.780 e. The molecule has 8 aromatic carbocycles. The monoisotopic (exact) mass is 992 g/mol. The van der Waals surface area contributed by atoms with E-state index in [1.54, 1.807) is 0 Å². The second-order valence-electron chi connectivity index (χ2n) is 11.9. The Labute approximate surface area is 411 Å². The molecule has 8 rings (SSSR count). The summed E-state index contributed by atoms with van der Waals surface area (Å²) in [7, 11) is -1.47. The van der Waals surface area contributed by atoms with Crippen molar-refractivity contribution in [3.8, 4) is 0 Å². The van der Waals surface area contributed by atoms with E-state index in [4.69, 9.17) is 39.2 Å². The van der Waals surface area contributed by atoms with Gasteiger partial charge >= 0.3 is 68.0 Å². The average Bonchev–Trinajstić information content (AvgIpc) is 3.36. The molecule has 8 aromatic rings. The molecule has 0 saturated heterocycles. The Bertz CT molecular complexity index is 2220. The number of hydrogen-bond acceptors (Lipinski definition) is 4. The summed E-state index contributed by atoms with van der Waals surface area (Å²) in [5, 5.41) is 7.06. The van der Waals surface area contributed by atoms with Crippen molar-refractivity contribution in [1.82, 2.24) is 0 Å². The molecule has 318 valence electrons. The van der Waals surface area contributed by atoms with Crippen molar-refractivity contribution in [3.05, 3.63) is 262 Å². The topological polar surface area (TPSA) is 93.8 Å². The summed E-state index contributed by atoms with van der Waals surface area (Å²) in [4.78, 5) is 24.4. The predicted octanol–water partition coefficient (Wildman–Crippen LogP) is 8.87. The third-order valence-electron chi connectivity index (χ3n) is 8.05. The Morgan fingerprint density at radius 3 is 0.688 bits per heavy atom. The maximum Gasteiger partial charge on any atom is 2.00 e. The van der Waals surface area contributed by atoms with Gasteiger partial charge in [0.25, 0.3) is 0 Å². The second-order valence-corrected chi connectivity index (χ2v) is 17.2. The van der Waals surface area contributed by atoms with Crippen molar-refractivity contribution >= 4 is 85.5 Å². The number of hydrogen-bond donors (Lipinski definition) is 0. The molecular formula is C53H38Fe2O5P2S2. The SMILES string of the molecule is O=[C-]c1ccccc1P(c1ccccc1)c1ccccc1.O=[C-]c1ccccc1P(c1ccccc1)c1ccccc1.[C-]#[O+].[C-]#[O+].[C-]#[O+].[Fe+2].[Fe+2].[S-]c1ccccc1.[S-]c1ccccc1. The van der Waals surface area contributed by atoms with Gasteiger partial charge in [-0.05, 0) is 21.2 Å². The van der Waals surface area contributed by atoms with Gasteiger partial charge in [0.15, 0.2) is 0 Å². The van der Waals surface area contributed by atoms with Crippen LogP contribution in [0.5, 0.6) is 0 Å². The molecule has 0 bridgehead atoms. The molecule has 0 fully saturated rings. The summed E-state index contributed by atoms with van der Waals surface area (Å²) in [5.74, 6) is 0. The minimum absolute atomic E-state index is 0. The van der Waals surface area contributed by atoms with Gasteiger partial charge in [0.1, 0.15) is 0 Å². The molecule has 0 aliphatic carbocycles. The molecule has 0 aromatic heterocycles. The number of benzene rings is 8. The van der Waals surface area contributed by atoms with Gasteiger partial charge < -0.3 is 34.8 Å². The van der Waals surface area contributed by atoms with Crippen LogP contribution in [0.4, 0.5) is 0 Å². The molecule has 0 N–H and O–H groups in total. The van der Waals surface area contributed by atoms with Crippen LogP contribution in [0, 0.1) is 20.0 Å². The first-order valence-corrected chi connectivity index (χ1v) is 21.9. The molecule has 0 amide bonds. The summed E-state index contributed by atoms with van der Waals surface area (Å²) in [6, 6.07) is 76.1. The molecule has 0 unspecified atom stereocenters. The van der Waals surface area contributed by atoms with Crippen LogP contribution in [-0.4, -0.2) is 12.6 Å². The zero-order chi connectivity index (χ0) is 45.2. The normalized spacial score (nSPS) is 8.88. The largest absolute Gasteiger partial charge is 2.00 e. The Morgan fingerprint density at radius 2 is 0.500 bits per heavy atom. The fourth-order valence-electron chi connectivity index (χ4n) is 5.51. The van der Waals surface area contributed by atoms with E-state index in [0.29, 0.717) is 11.1 Å². The third-order valence-corrected chi connectivity index (χ3v) is 13.6. The van der Waals surface area contributed by atoms with E-state index in [1.165, 1.54) is 21.2 Å². The molecule has 0 heterocycles. The van der Waals surface area contributed by atoms with Gasteiger partial charge in [0, 0.05) is 0 Å². The number of rotatable bonds is 8. The minimum atomic E-state index is -0.735. The standard InChI is InChI=1S/2C19H14OP.2C6H6S.3CO.2Fe/c2*20-15-16-9-7-8-14-19(16)21(17-10-3-1-4-11-17)18-12-5-2-6-13-18;2*7-6-4-2-1-3-5-6;3*1-2;;/h2*1-14H;2*1-5,7H;;;;;/q2*-1;;;;;;2*+2/p-2. The maximum atomic E-state index is 11.3. The quantitative estimate of drug-likeness (QED) is 0.0500. The van der Waals surface area contributed by atoms with E-state index in [-0.39, 0.29) is 34.1 Å². The molecule has 64 heavy (non-hydrogen) atoms. The second kappa shape index (κ2) is 37.1. The first-order valence-electron chi connectivity index (χ1n) is 18.4. The predicted molar refractivity (Wildman–Crippen MR) is 256 cm³/mol. The molecule has 0 saturated carbocycles. The molecule has 0 radical (unpaired) electrons. The van der Waals surface area contributed by atoms with Gasteiger partial charge in [-0.2, -0.15) is 21.9 Å². The molecule has 5 nitrogen and oxygen atoms in total. The fraction of sp³-hybridized carbons (Fsp3) is 0. The van der Waals surface area contributed by atoms with Crippen molar-refractivity contribution in [3.63, 3.8) is 0 Å². The first kappa shape index (κ1) is 58.7. The third kappa shape index (κ3) is 20.4. The summed E-state index contributed by atoms with van der Waals surface area (Å²) < 4.78 is 22.5. The Kier molecular flexibility index (Phi) is 34.0. The molecule has 0 spiro atoms. The Balaban J connectivity index is 0.000000859. The van der Waals surface area contributed by atoms with Gasteiger partial charge in [0.05, 0.1) is 12.6 Å². The molecule has 0 aliphatic rings.